The SMILES string of the molecule is Cc1ccc(CCCCNS(=O)(=O)c2ccccc2)cc1. The van der Waals surface area contributed by atoms with E-state index in [9.17, 15) is 8.42 Å². The van der Waals surface area contributed by atoms with Gasteiger partial charge in [-0.05, 0) is 43.9 Å². The summed E-state index contributed by atoms with van der Waals surface area (Å²) in [5, 5.41) is 0. The van der Waals surface area contributed by atoms with Crippen molar-refractivity contribution in [2.45, 2.75) is 31.1 Å². The highest BCUT2D eigenvalue weighted by molar-refractivity contribution is 7.89. The molecule has 112 valence electrons. The molecule has 0 fully saturated rings. The van der Waals surface area contributed by atoms with E-state index in [4.69, 9.17) is 0 Å². The van der Waals surface area contributed by atoms with Crippen molar-refractivity contribution in [3.63, 3.8) is 0 Å². The number of hydrogen-bond donors (Lipinski definition) is 1. The maximum atomic E-state index is 12.0. The zero-order valence-electron chi connectivity index (χ0n) is 12.2. The van der Waals surface area contributed by atoms with Gasteiger partial charge in [0.1, 0.15) is 0 Å². The molecule has 2 aromatic carbocycles. The molecule has 0 saturated carbocycles. The monoisotopic (exact) mass is 303 g/mol. The van der Waals surface area contributed by atoms with Crippen LogP contribution in [0.1, 0.15) is 24.0 Å². The molecule has 0 aliphatic heterocycles. The second kappa shape index (κ2) is 7.38. The Morgan fingerprint density at radius 1 is 0.905 bits per heavy atom. The molecule has 1 N–H and O–H groups in total. The Hall–Kier alpha value is -1.65. The fourth-order valence-corrected chi connectivity index (χ4v) is 3.19. The average molecular weight is 303 g/mol. The molecule has 0 saturated heterocycles. The molecule has 0 radical (unpaired) electrons. The van der Waals surface area contributed by atoms with Gasteiger partial charge in [-0.2, -0.15) is 0 Å². The lowest BCUT2D eigenvalue weighted by molar-refractivity contribution is 0.576. The van der Waals surface area contributed by atoms with Gasteiger partial charge in [-0.3, -0.25) is 0 Å². The van der Waals surface area contributed by atoms with E-state index in [2.05, 4.69) is 35.9 Å². The Labute approximate surface area is 127 Å². The number of sulfonamides is 1. The Morgan fingerprint density at radius 2 is 1.57 bits per heavy atom. The first kappa shape index (κ1) is 15.7. The molecule has 0 atom stereocenters. The zero-order valence-corrected chi connectivity index (χ0v) is 13.1. The van der Waals surface area contributed by atoms with Gasteiger partial charge in [0.05, 0.1) is 4.90 Å². The quantitative estimate of drug-likeness (QED) is 0.798. The van der Waals surface area contributed by atoms with E-state index < -0.39 is 10.0 Å². The van der Waals surface area contributed by atoms with Crippen LogP contribution in [0.4, 0.5) is 0 Å². The van der Waals surface area contributed by atoms with Crippen molar-refractivity contribution in [2.24, 2.45) is 0 Å². The summed E-state index contributed by atoms with van der Waals surface area (Å²) in [4.78, 5) is 0.323. The van der Waals surface area contributed by atoms with E-state index >= 15 is 0 Å². The van der Waals surface area contributed by atoms with Crippen molar-refractivity contribution in [1.82, 2.24) is 4.72 Å². The lowest BCUT2D eigenvalue weighted by Gasteiger charge is -2.06. The van der Waals surface area contributed by atoms with Crippen LogP contribution in [-0.4, -0.2) is 15.0 Å². The van der Waals surface area contributed by atoms with Crippen molar-refractivity contribution >= 4 is 10.0 Å². The minimum atomic E-state index is -3.36. The van der Waals surface area contributed by atoms with Crippen LogP contribution in [0.15, 0.2) is 59.5 Å². The molecule has 0 unspecified atom stereocenters. The predicted molar refractivity (Wildman–Crippen MR) is 85.7 cm³/mol. The fraction of sp³-hybridized carbons (Fsp3) is 0.294. The summed E-state index contributed by atoms with van der Waals surface area (Å²) in [5.41, 5.74) is 2.56. The lowest BCUT2D eigenvalue weighted by atomic mass is 10.1. The molecule has 0 bridgehead atoms. The molecule has 4 heteroatoms. The van der Waals surface area contributed by atoms with Gasteiger partial charge in [-0.1, -0.05) is 48.0 Å². The van der Waals surface area contributed by atoms with Gasteiger partial charge in [0.25, 0.3) is 0 Å². The third kappa shape index (κ3) is 4.99. The van der Waals surface area contributed by atoms with Crippen LogP contribution in [-0.2, 0) is 16.4 Å². The van der Waals surface area contributed by atoms with Crippen LogP contribution >= 0.6 is 0 Å². The maximum Gasteiger partial charge on any atom is 0.240 e. The lowest BCUT2D eigenvalue weighted by Crippen LogP contribution is -2.24. The van der Waals surface area contributed by atoms with Crippen molar-refractivity contribution in [1.29, 1.82) is 0 Å². The third-order valence-electron chi connectivity index (χ3n) is 3.36. The smallest absolute Gasteiger partial charge is 0.211 e. The zero-order chi connectivity index (χ0) is 15.1. The maximum absolute atomic E-state index is 12.0. The summed E-state index contributed by atoms with van der Waals surface area (Å²) in [6.45, 7) is 2.55. The molecule has 2 rings (SSSR count). The molecule has 2 aromatic rings. The third-order valence-corrected chi connectivity index (χ3v) is 4.84. The van der Waals surface area contributed by atoms with Crippen LogP contribution in [0.25, 0.3) is 0 Å². The highest BCUT2D eigenvalue weighted by atomic mass is 32.2. The van der Waals surface area contributed by atoms with E-state index in [1.807, 2.05) is 0 Å². The number of nitrogens with one attached hydrogen (secondary N) is 1. The summed E-state index contributed by atoms with van der Waals surface area (Å²) < 4.78 is 26.6. The number of aryl methyl sites for hydroxylation is 2. The van der Waals surface area contributed by atoms with Gasteiger partial charge in [0.2, 0.25) is 10.0 Å². The molecule has 0 aromatic heterocycles. The molecule has 3 nitrogen and oxygen atoms in total. The van der Waals surface area contributed by atoms with Crippen molar-refractivity contribution in [2.75, 3.05) is 6.54 Å². The second-order valence-corrected chi connectivity index (χ2v) is 6.92. The highest BCUT2D eigenvalue weighted by Crippen LogP contribution is 2.09. The summed E-state index contributed by atoms with van der Waals surface area (Å²) in [7, 11) is -3.36. The number of benzene rings is 2. The first-order valence-corrected chi connectivity index (χ1v) is 8.66. The largest absolute Gasteiger partial charge is 0.240 e. The van der Waals surface area contributed by atoms with Crippen molar-refractivity contribution in [3.05, 3.63) is 65.7 Å². The van der Waals surface area contributed by atoms with Gasteiger partial charge in [0, 0.05) is 6.54 Å². The molecule has 21 heavy (non-hydrogen) atoms. The number of rotatable bonds is 7. The van der Waals surface area contributed by atoms with Gasteiger partial charge < -0.3 is 0 Å². The first-order chi connectivity index (χ1) is 10.1. The van der Waals surface area contributed by atoms with Crippen LogP contribution < -0.4 is 4.72 Å². The van der Waals surface area contributed by atoms with Gasteiger partial charge in [0.15, 0.2) is 0 Å². The molecule has 0 amide bonds. The topological polar surface area (TPSA) is 46.2 Å². The Kier molecular flexibility index (Phi) is 5.53. The Morgan fingerprint density at radius 3 is 2.24 bits per heavy atom. The summed E-state index contributed by atoms with van der Waals surface area (Å²) in [6.07, 6.45) is 2.79. The molecule has 0 spiro atoms. The molecular weight excluding hydrogens is 282 g/mol. The van der Waals surface area contributed by atoms with E-state index in [-0.39, 0.29) is 0 Å². The van der Waals surface area contributed by atoms with Crippen molar-refractivity contribution in [3.8, 4) is 0 Å². The summed E-state index contributed by atoms with van der Waals surface area (Å²) in [6, 6.07) is 16.9. The normalized spacial score (nSPS) is 11.5. The second-order valence-electron chi connectivity index (χ2n) is 5.15. The van der Waals surface area contributed by atoms with Crippen LogP contribution in [0.5, 0.6) is 0 Å². The number of unbranched alkanes of at least 4 members (excludes halogenated alkanes) is 1. The summed E-state index contributed by atoms with van der Waals surface area (Å²) in [5.74, 6) is 0. The highest BCUT2D eigenvalue weighted by Gasteiger charge is 2.11. The molecule has 0 aliphatic rings. The van der Waals surface area contributed by atoms with Crippen LogP contribution in [0.2, 0.25) is 0 Å². The van der Waals surface area contributed by atoms with Crippen LogP contribution in [0.3, 0.4) is 0 Å². The van der Waals surface area contributed by atoms with E-state index in [1.165, 1.54) is 11.1 Å². The Balaban J connectivity index is 1.73. The Bertz CT molecular complexity index is 649. The van der Waals surface area contributed by atoms with Gasteiger partial charge >= 0.3 is 0 Å². The van der Waals surface area contributed by atoms with Gasteiger partial charge in [-0.25, -0.2) is 13.1 Å². The molecule has 0 aliphatic carbocycles. The molecule has 0 heterocycles. The van der Waals surface area contributed by atoms with E-state index in [0.717, 1.165) is 19.3 Å². The summed E-state index contributed by atoms with van der Waals surface area (Å²) >= 11 is 0. The standard InChI is InChI=1S/C17H21NO2S/c1-15-10-12-16(13-11-15)7-5-6-14-18-21(19,20)17-8-3-2-4-9-17/h2-4,8-13,18H,5-7,14H2,1H3. The van der Waals surface area contributed by atoms with E-state index in [0.29, 0.717) is 11.4 Å². The minimum absolute atomic E-state index is 0.323. The average Bonchev–Trinajstić information content (AvgIpc) is 2.50. The predicted octanol–water partition coefficient (Wildman–Crippen LogP) is 3.30. The fourth-order valence-electron chi connectivity index (χ4n) is 2.10. The van der Waals surface area contributed by atoms with E-state index in [1.54, 1.807) is 30.3 Å². The molecular formula is C17H21NO2S. The van der Waals surface area contributed by atoms with Gasteiger partial charge in [-0.15, -0.1) is 0 Å². The minimum Gasteiger partial charge on any atom is -0.211 e. The number of hydrogen-bond acceptors (Lipinski definition) is 2. The first-order valence-electron chi connectivity index (χ1n) is 7.18. The van der Waals surface area contributed by atoms with Crippen molar-refractivity contribution < 1.29 is 8.42 Å². The van der Waals surface area contributed by atoms with Crippen LogP contribution in [0, 0.1) is 6.92 Å².